The van der Waals surface area contributed by atoms with Gasteiger partial charge in [-0.15, -0.1) is 11.3 Å². The molecule has 0 aliphatic carbocycles. The second-order valence-electron chi connectivity index (χ2n) is 11.2. The molecule has 0 saturated carbocycles. The number of pyridine rings is 1. The summed E-state index contributed by atoms with van der Waals surface area (Å²) >= 11 is 1.80. The van der Waals surface area contributed by atoms with E-state index in [1.54, 1.807) is 11.3 Å². The van der Waals surface area contributed by atoms with Crippen LogP contribution in [0.2, 0.25) is 0 Å². The second kappa shape index (κ2) is 10.5. The van der Waals surface area contributed by atoms with Crippen molar-refractivity contribution in [2.45, 2.75) is 0 Å². The van der Waals surface area contributed by atoms with Crippen LogP contribution in [-0.4, -0.2) is 4.98 Å². The van der Waals surface area contributed by atoms with Gasteiger partial charge in [0.05, 0.1) is 4.70 Å². The maximum absolute atomic E-state index is 6.30. The van der Waals surface area contributed by atoms with Crippen molar-refractivity contribution in [1.29, 1.82) is 0 Å². The Hall–Kier alpha value is -5.71. The molecule has 0 atom stereocenters. The Morgan fingerprint density at radius 3 is 1.89 bits per heavy atom. The van der Waals surface area contributed by atoms with Gasteiger partial charge in [-0.3, -0.25) is 4.98 Å². The summed E-state index contributed by atoms with van der Waals surface area (Å²) in [6, 6.07) is 51.4. The summed E-state index contributed by atoms with van der Waals surface area (Å²) < 4.78 is 8.79. The summed E-state index contributed by atoms with van der Waals surface area (Å²) in [5, 5.41) is 4.79. The smallest absolute Gasteiger partial charge is 0.137 e. The van der Waals surface area contributed by atoms with E-state index in [-0.39, 0.29) is 0 Å². The molecule has 0 spiro atoms. The van der Waals surface area contributed by atoms with E-state index in [4.69, 9.17) is 4.42 Å². The van der Waals surface area contributed by atoms with Crippen LogP contribution < -0.4 is 4.90 Å². The van der Waals surface area contributed by atoms with Crippen molar-refractivity contribution in [3.8, 4) is 22.3 Å². The third kappa shape index (κ3) is 4.38. The fraction of sp³-hybridized carbons (Fsp3) is 0. The number of para-hydroxylation sites is 1. The van der Waals surface area contributed by atoms with E-state index < -0.39 is 0 Å². The van der Waals surface area contributed by atoms with Crippen molar-refractivity contribution in [3.63, 3.8) is 0 Å². The molecule has 3 aromatic heterocycles. The number of hydrogen-bond acceptors (Lipinski definition) is 4. The van der Waals surface area contributed by atoms with E-state index in [0.717, 1.165) is 50.1 Å². The maximum Gasteiger partial charge on any atom is 0.137 e. The average Bonchev–Trinajstić information content (AvgIpc) is 3.68. The first-order valence-electron chi connectivity index (χ1n) is 15.0. The number of thiophene rings is 1. The molecule has 0 bridgehead atoms. The minimum Gasteiger partial charge on any atom is -0.456 e. The first-order chi connectivity index (χ1) is 22.3. The summed E-state index contributed by atoms with van der Waals surface area (Å²) in [7, 11) is 0. The molecule has 0 N–H and O–H groups in total. The molecule has 3 heterocycles. The Kier molecular flexibility index (Phi) is 6.00. The van der Waals surface area contributed by atoms with Gasteiger partial charge in [0.1, 0.15) is 11.2 Å². The van der Waals surface area contributed by atoms with Crippen LogP contribution in [-0.2, 0) is 0 Å². The lowest BCUT2D eigenvalue weighted by Crippen LogP contribution is -2.09. The zero-order valence-corrected chi connectivity index (χ0v) is 25.0. The molecule has 45 heavy (non-hydrogen) atoms. The Morgan fingerprint density at radius 2 is 1.09 bits per heavy atom. The lowest BCUT2D eigenvalue weighted by Gasteiger charge is -2.26. The topological polar surface area (TPSA) is 29.3 Å². The molecule has 0 aliphatic rings. The Labute approximate surface area is 264 Å². The van der Waals surface area contributed by atoms with E-state index in [1.165, 1.54) is 31.3 Å². The molecule has 0 aliphatic heterocycles. The SMILES string of the molecule is c1ccc(-c2ccc(N(c3ccc(-c4cncc5sc6ccccc6c45)cc3)c3ccc4c(c3)oc3ccccc34)cc2)cc1. The highest BCUT2D eigenvalue weighted by atomic mass is 32.1. The van der Waals surface area contributed by atoms with Crippen LogP contribution in [0.25, 0.3) is 64.4 Å². The van der Waals surface area contributed by atoms with Crippen LogP contribution in [0.1, 0.15) is 0 Å². The van der Waals surface area contributed by atoms with Crippen molar-refractivity contribution >= 4 is 70.5 Å². The summed E-state index contributed by atoms with van der Waals surface area (Å²) in [6.07, 6.45) is 3.97. The Balaban J connectivity index is 1.17. The zero-order valence-electron chi connectivity index (χ0n) is 24.2. The summed E-state index contributed by atoms with van der Waals surface area (Å²) in [4.78, 5) is 6.90. The molecule has 3 nitrogen and oxygen atoms in total. The van der Waals surface area contributed by atoms with Gasteiger partial charge >= 0.3 is 0 Å². The number of benzene rings is 6. The number of rotatable bonds is 5. The molecule has 6 aromatic carbocycles. The largest absolute Gasteiger partial charge is 0.456 e. The minimum atomic E-state index is 0.873. The lowest BCUT2D eigenvalue weighted by molar-refractivity contribution is 0.669. The molecule has 4 heteroatoms. The van der Waals surface area contributed by atoms with Gasteiger partial charge in [-0.25, -0.2) is 0 Å². The molecule has 0 radical (unpaired) electrons. The van der Waals surface area contributed by atoms with Crippen LogP contribution in [0.4, 0.5) is 17.1 Å². The number of fused-ring (bicyclic) bond motifs is 6. The highest BCUT2D eigenvalue weighted by Crippen LogP contribution is 2.42. The molecule has 0 amide bonds. The van der Waals surface area contributed by atoms with E-state index in [2.05, 4.69) is 143 Å². The predicted molar refractivity (Wildman–Crippen MR) is 190 cm³/mol. The van der Waals surface area contributed by atoms with E-state index in [9.17, 15) is 0 Å². The van der Waals surface area contributed by atoms with Gasteiger partial charge in [-0.1, -0.05) is 91.0 Å². The molecular weight excluding hydrogens is 569 g/mol. The van der Waals surface area contributed by atoms with Crippen molar-refractivity contribution in [3.05, 3.63) is 158 Å². The number of aromatic nitrogens is 1. The molecule has 0 fully saturated rings. The number of anilines is 3. The van der Waals surface area contributed by atoms with Gasteiger partial charge in [0, 0.05) is 67.3 Å². The van der Waals surface area contributed by atoms with Gasteiger partial charge in [0.15, 0.2) is 0 Å². The Morgan fingerprint density at radius 1 is 0.467 bits per heavy atom. The molecule has 0 saturated heterocycles. The predicted octanol–water partition coefficient (Wildman–Crippen LogP) is 12.2. The maximum atomic E-state index is 6.30. The van der Waals surface area contributed by atoms with Crippen molar-refractivity contribution in [1.82, 2.24) is 4.98 Å². The monoisotopic (exact) mass is 594 g/mol. The zero-order chi connectivity index (χ0) is 29.7. The normalized spacial score (nSPS) is 11.6. The van der Waals surface area contributed by atoms with Gasteiger partial charge in [-0.2, -0.15) is 0 Å². The van der Waals surface area contributed by atoms with E-state index in [1.807, 2.05) is 24.5 Å². The van der Waals surface area contributed by atoms with E-state index in [0.29, 0.717) is 0 Å². The van der Waals surface area contributed by atoms with Gasteiger partial charge in [-0.05, 0) is 65.2 Å². The lowest BCUT2D eigenvalue weighted by atomic mass is 10.0. The van der Waals surface area contributed by atoms with Gasteiger partial charge in [0.2, 0.25) is 0 Å². The highest BCUT2D eigenvalue weighted by molar-refractivity contribution is 7.25. The minimum absolute atomic E-state index is 0.873. The third-order valence-corrected chi connectivity index (χ3v) is 9.68. The number of furan rings is 1. The fourth-order valence-electron chi connectivity index (χ4n) is 6.42. The molecular formula is C41H26N2OS. The number of nitrogens with zero attached hydrogens (tertiary/aromatic N) is 2. The Bertz CT molecular complexity index is 2480. The van der Waals surface area contributed by atoms with Gasteiger partial charge in [0.25, 0.3) is 0 Å². The van der Waals surface area contributed by atoms with Crippen molar-refractivity contribution in [2.75, 3.05) is 4.90 Å². The molecule has 9 rings (SSSR count). The first-order valence-corrected chi connectivity index (χ1v) is 15.8. The van der Waals surface area contributed by atoms with Crippen LogP contribution in [0.15, 0.2) is 162 Å². The van der Waals surface area contributed by atoms with Crippen LogP contribution in [0.5, 0.6) is 0 Å². The van der Waals surface area contributed by atoms with Gasteiger partial charge < -0.3 is 9.32 Å². The molecule has 0 unspecified atom stereocenters. The quantitative estimate of drug-likeness (QED) is 0.198. The molecule has 212 valence electrons. The second-order valence-corrected chi connectivity index (χ2v) is 12.3. The van der Waals surface area contributed by atoms with E-state index >= 15 is 0 Å². The van der Waals surface area contributed by atoms with Crippen LogP contribution in [0, 0.1) is 0 Å². The summed E-state index contributed by atoms with van der Waals surface area (Å²) in [5.41, 5.74) is 9.64. The van der Waals surface area contributed by atoms with Crippen molar-refractivity contribution in [2.24, 2.45) is 0 Å². The summed E-state index contributed by atoms with van der Waals surface area (Å²) in [5.74, 6) is 0. The van der Waals surface area contributed by atoms with Crippen LogP contribution >= 0.6 is 11.3 Å². The summed E-state index contributed by atoms with van der Waals surface area (Å²) in [6.45, 7) is 0. The number of hydrogen-bond donors (Lipinski definition) is 0. The first kappa shape index (κ1) is 25.8. The average molecular weight is 595 g/mol. The third-order valence-electron chi connectivity index (χ3n) is 8.58. The standard InChI is InChI=1S/C41H26N2OS/c1-2-8-27(9-3-1)28-14-18-30(19-15-28)43(32-22-23-34-33-10-4-6-12-37(33)44-38(34)24-32)31-20-16-29(17-21-31)36-25-42-26-40-41(36)35-11-5-7-13-39(35)45-40/h1-26H. The fourth-order valence-corrected chi connectivity index (χ4v) is 7.52. The van der Waals surface area contributed by atoms with Crippen LogP contribution in [0.3, 0.4) is 0 Å². The van der Waals surface area contributed by atoms with Crippen molar-refractivity contribution < 1.29 is 4.42 Å². The molecule has 9 aromatic rings. The highest BCUT2D eigenvalue weighted by Gasteiger charge is 2.17.